The van der Waals surface area contributed by atoms with E-state index in [-0.39, 0.29) is 28.9 Å². The van der Waals surface area contributed by atoms with Crippen LogP contribution in [0.15, 0.2) is 28.7 Å². The zero-order chi connectivity index (χ0) is 17.1. The van der Waals surface area contributed by atoms with Crippen molar-refractivity contribution in [3.8, 4) is 0 Å². The van der Waals surface area contributed by atoms with Gasteiger partial charge in [0.2, 0.25) is 5.91 Å². The number of amides is 1. The monoisotopic (exact) mass is 391 g/mol. The maximum Gasteiger partial charge on any atom is 0.217 e. The van der Waals surface area contributed by atoms with Crippen LogP contribution in [-0.2, 0) is 9.53 Å². The molecule has 1 saturated heterocycles. The molecule has 1 N–H and O–H groups in total. The zero-order valence-corrected chi connectivity index (χ0v) is 16.2. The fourth-order valence-electron chi connectivity index (χ4n) is 5.97. The van der Waals surface area contributed by atoms with Gasteiger partial charge < -0.3 is 10.1 Å². The Hall–Kier alpha value is -0.870. The molecule has 1 heterocycles. The highest BCUT2D eigenvalue weighted by Gasteiger charge is 2.68. The molecule has 1 amide bonds. The van der Waals surface area contributed by atoms with Crippen LogP contribution in [0.3, 0.4) is 0 Å². The van der Waals surface area contributed by atoms with Gasteiger partial charge in [0.15, 0.2) is 0 Å². The summed E-state index contributed by atoms with van der Waals surface area (Å²) in [5.74, 6) is 1.27. The van der Waals surface area contributed by atoms with E-state index in [0.29, 0.717) is 11.8 Å². The van der Waals surface area contributed by atoms with Crippen LogP contribution in [-0.4, -0.2) is 18.6 Å². The van der Waals surface area contributed by atoms with Crippen LogP contribution in [0.5, 0.6) is 0 Å². The summed E-state index contributed by atoms with van der Waals surface area (Å²) in [4.78, 5) is 11.9. The van der Waals surface area contributed by atoms with E-state index in [1.54, 1.807) is 6.92 Å². The van der Waals surface area contributed by atoms with Gasteiger partial charge in [-0.2, -0.15) is 0 Å². The number of fused-ring (bicyclic) bond motifs is 1. The van der Waals surface area contributed by atoms with Gasteiger partial charge >= 0.3 is 0 Å². The Morgan fingerprint density at radius 1 is 1.29 bits per heavy atom. The van der Waals surface area contributed by atoms with E-state index in [1.165, 1.54) is 18.4 Å². The van der Waals surface area contributed by atoms with Crippen molar-refractivity contribution in [2.75, 3.05) is 6.61 Å². The second-order valence-electron chi connectivity index (χ2n) is 8.52. The molecule has 2 aliphatic carbocycles. The normalized spacial score (nSPS) is 39.5. The molecule has 1 aliphatic heterocycles. The minimum atomic E-state index is 0.0976. The molecule has 24 heavy (non-hydrogen) atoms. The van der Waals surface area contributed by atoms with Gasteiger partial charge in [0, 0.05) is 24.0 Å². The van der Waals surface area contributed by atoms with Gasteiger partial charge in [-0.3, -0.25) is 4.79 Å². The van der Waals surface area contributed by atoms with Crippen molar-refractivity contribution in [3.63, 3.8) is 0 Å². The Kier molecular flexibility index (Phi) is 3.85. The van der Waals surface area contributed by atoms with Gasteiger partial charge in [0.05, 0.1) is 6.10 Å². The topological polar surface area (TPSA) is 38.3 Å². The Morgan fingerprint density at radius 2 is 2.00 bits per heavy atom. The molecule has 4 heteroatoms. The molecule has 130 valence electrons. The number of carbonyl (C=O) groups excluding carboxylic acids is 1. The van der Waals surface area contributed by atoms with Gasteiger partial charge in [-0.1, -0.05) is 41.9 Å². The van der Waals surface area contributed by atoms with Crippen LogP contribution in [0, 0.1) is 22.7 Å². The fourth-order valence-corrected chi connectivity index (χ4v) is 6.24. The third kappa shape index (κ3) is 2.29. The highest BCUT2D eigenvalue weighted by molar-refractivity contribution is 9.10. The van der Waals surface area contributed by atoms with Gasteiger partial charge in [-0.25, -0.2) is 0 Å². The van der Waals surface area contributed by atoms with Gasteiger partial charge in [0.25, 0.3) is 0 Å². The number of hydrogen-bond donors (Lipinski definition) is 1. The largest absolute Gasteiger partial charge is 0.373 e. The van der Waals surface area contributed by atoms with Gasteiger partial charge in [-0.05, 0) is 59.6 Å². The Balaban J connectivity index is 1.71. The average molecular weight is 392 g/mol. The predicted octanol–water partition coefficient (Wildman–Crippen LogP) is 4.47. The van der Waals surface area contributed by atoms with Crippen LogP contribution in [0.2, 0.25) is 0 Å². The molecule has 2 saturated carbocycles. The first-order chi connectivity index (χ1) is 11.3. The summed E-state index contributed by atoms with van der Waals surface area (Å²) in [6.45, 7) is 7.12. The third-order valence-electron chi connectivity index (χ3n) is 7.05. The summed E-state index contributed by atoms with van der Waals surface area (Å²) in [6, 6.07) is 8.81. The number of nitrogens with one attached hydrogen (secondary N) is 1. The number of halogens is 1. The maximum atomic E-state index is 11.9. The van der Waals surface area contributed by atoms with Crippen molar-refractivity contribution >= 4 is 21.8 Å². The molecule has 3 fully saturated rings. The van der Waals surface area contributed by atoms with E-state index in [4.69, 9.17) is 4.74 Å². The molecule has 1 spiro atoms. The van der Waals surface area contributed by atoms with Crippen molar-refractivity contribution in [3.05, 3.63) is 34.3 Å². The molecular weight excluding hydrogens is 366 g/mol. The lowest BCUT2D eigenvalue weighted by Crippen LogP contribution is -2.58. The average Bonchev–Trinajstić information content (AvgIpc) is 3.01. The van der Waals surface area contributed by atoms with E-state index in [1.807, 2.05) is 0 Å². The summed E-state index contributed by atoms with van der Waals surface area (Å²) < 4.78 is 7.36. The first-order valence-corrected chi connectivity index (χ1v) is 9.78. The van der Waals surface area contributed by atoms with Crippen molar-refractivity contribution in [2.45, 2.75) is 52.2 Å². The quantitative estimate of drug-likeness (QED) is 0.807. The number of ether oxygens (including phenoxy) is 1. The molecule has 5 atom stereocenters. The second kappa shape index (κ2) is 5.57. The molecule has 3 nitrogen and oxygen atoms in total. The number of rotatable bonds is 2. The highest BCUT2D eigenvalue weighted by atomic mass is 79.9. The van der Waals surface area contributed by atoms with E-state index in [0.717, 1.165) is 17.5 Å². The highest BCUT2D eigenvalue weighted by Crippen LogP contribution is 2.70. The minimum absolute atomic E-state index is 0.0976. The van der Waals surface area contributed by atoms with Crippen LogP contribution in [0.4, 0.5) is 0 Å². The lowest BCUT2D eigenvalue weighted by molar-refractivity contribution is -0.135. The van der Waals surface area contributed by atoms with Crippen molar-refractivity contribution in [1.82, 2.24) is 5.32 Å². The lowest BCUT2D eigenvalue weighted by atomic mass is 9.59. The van der Waals surface area contributed by atoms with Crippen LogP contribution in [0.25, 0.3) is 0 Å². The van der Waals surface area contributed by atoms with E-state index >= 15 is 0 Å². The smallest absolute Gasteiger partial charge is 0.217 e. The lowest BCUT2D eigenvalue weighted by Gasteiger charge is -2.53. The molecule has 0 radical (unpaired) electrons. The van der Waals surface area contributed by atoms with Crippen LogP contribution >= 0.6 is 15.9 Å². The van der Waals surface area contributed by atoms with Crippen molar-refractivity contribution in [1.29, 1.82) is 0 Å². The number of hydrogen-bond acceptors (Lipinski definition) is 2. The molecule has 4 rings (SSSR count). The van der Waals surface area contributed by atoms with Gasteiger partial charge in [0.1, 0.15) is 0 Å². The standard InChI is InChI=1S/C20H26BrNO2/c1-12(23)22-18-19(2,3)14-10-16-17(13-4-6-15(21)7-5-13)24-9-8-20(16,18)11-14/h4-7,14,16-18H,8-11H2,1-3H3,(H,22,23)/t14-,16-,17-,18-,20-/m1/s1. The summed E-state index contributed by atoms with van der Waals surface area (Å²) in [6.07, 6.45) is 3.66. The summed E-state index contributed by atoms with van der Waals surface area (Å²) in [5, 5.41) is 3.33. The first-order valence-electron chi connectivity index (χ1n) is 8.99. The number of benzene rings is 1. The zero-order valence-electron chi connectivity index (χ0n) is 14.6. The molecular formula is C20H26BrNO2. The van der Waals surface area contributed by atoms with E-state index in [2.05, 4.69) is 59.4 Å². The number of carbonyl (C=O) groups is 1. The summed E-state index contributed by atoms with van der Waals surface area (Å²) in [7, 11) is 0. The van der Waals surface area contributed by atoms with Crippen molar-refractivity contribution in [2.24, 2.45) is 22.7 Å². The van der Waals surface area contributed by atoms with Crippen LogP contribution < -0.4 is 5.32 Å². The third-order valence-corrected chi connectivity index (χ3v) is 7.58. The predicted molar refractivity (Wildman–Crippen MR) is 97.5 cm³/mol. The molecule has 1 aromatic carbocycles. The Bertz CT molecular complexity index is 656. The Morgan fingerprint density at radius 3 is 2.67 bits per heavy atom. The molecule has 2 bridgehead atoms. The van der Waals surface area contributed by atoms with Gasteiger partial charge in [-0.15, -0.1) is 0 Å². The minimum Gasteiger partial charge on any atom is -0.373 e. The maximum absolute atomic E-state index is 11.9. The van der Waals surface area contributed by atoms with E-state index < -0.39 is 0 Å². The molecule has 3 aliphatic rings. The van der Waals surface area contributed by atoms with Crippen molar-refractivity contribution < 1.29 is 9.53 Å². The molecule has 0 unspecified atom stereocenters. The van der Waals surface area contributed by atoms with E-state index in [9.17, 15) is 4.79 Å². The summed E-state index contributed by atoms with van der Waals surface area (Å²) in [5.41, 5.74) is 1.63. The Labute approximate surface area is 152 Å². The second-order valence-corrected chi connectivity index (χ2v) is 9.44. The fraction of sp³-hybridized carbons (Fsp3) is 0.650. The first kappa shape index (κ1) is 16.6. The summed E-state index contributed by atoms with van der Waals surface area (Å²) >= 11 is 3.52. The van der Waals surface area contributed by atoms with Crippen LogP contribution in [0.1, 0.15) is 51.7 Å². The molecule has 0 aromatic heterocycles. The SMILES string of the molecule is CC(=O)N[C@@H]1C(C)(C)[C@@H]2C[C@@H]3[C@@H](c4ccc(Br)cc4)OCC[C@@]31C2. The molecule has 1 aromatic rings.